The van der Waals surface area contributed by atoms with E-state index in [0.29, 0.717) is 46.3 Å². The highest BCUT2D eigenvalue weighted by molar-refractivity contribution is 6.31. The molecule has 1 aliphatic rings. The number of hydrogen-bond acceptors (Lipinski definition) is 6. The summed E-state index contributed by atoms with van der Waals surface area (Å²) < 4.78 is 56.7. The first-order valence-electron chi connectivity index (χ1n) is 13.9. The molecular formula is C33H24ClF3N4O4. The molecule has 0 bridgehead atoms. The third-order valence-electron chi connectivity index (χ3n) is 7.69. The number of fused-ring (bicyclic) bond motifs is 1. The first kappa shape index (κ1) is 30.1. The van der Waals surface area contributed by atoms with E-state index in [4.69, 9.17) is 26.3 Å². The molecule has 8 nitrogen and oxygen atoms in total. The average Bonchev–Trinajstić information content (AvgIpc) is 3.33. The van der Waals surface area contributed by atoms with Gasteiger partial charge in [-0.05, 0) is 66.9 Å². The van der Waals surface area contributed by atoms with Crippen LogP contribution in [0.1, 0.15) is 44.9 Å². The molecular weight excluding hydrogens is 609 g/mol. The van der Waals surface area contributed by atoms with E-state index in [0.717, 1.165) is 24.1 Å². The largest absolute Gasteiger partial charge is 0.478 e. The Bertz CT molecular complexity index is 2020. The van der Waals surface area contributed by atoms with Crippen molar-refractivity contribution in [2.24, 2.45) is 0 Å². The van der Waals surface area contributed by atoms with Crippen molar-refractivity contribution < 1.29 is 32.5 Å². The van der Waals surface area contributed by atoms with Crippen LogP contribution < -0.4 is 4.74 Å². The molecule has 0 saturated carbocycles. The van der Waals surface area contributed by atoms with Crippen LogP contribution in [0.4, 0.5) is 13.2 Å². The van der Waals surface area contributed by atoms with E-state index in [1.54, 1.807) is 10.6 Å². The van der Waals surface area contributed by atoms with E-state index >= 15 is 0 Å². The quantitative estimate of drug-likeness (QED) is 0.186. The summed E-state index contributed by atoms with van der Waals surface area (Å²) >= 11 is 6.74. The number of imidazole rings is 1. The van der Waals surface area contributed by atoms with Crippen molar-refractivity contribution in [3.63, 3.8) is 0 Å². The van der Waals surface area contributed by atoms with Crippen molar-refractivity contribution in [1.29, 1.82) is 5.26 Å². The highest BCUT2D eigenvalue weighted by atomic mass is 35.5. The average molecular weight is 633 g/mol. The van der Waals surface area contributed by atoms with Crippen LogP contribution in [0.2, 0.25) is 5.02 Å². The Labute approximate surface area is 260 Å². The molecule has 3 aromatic carbocycles. The minimum Gasteiger partial charge on any atom is -0.478 e. The van der Waals surface area contributed by atoms with Gasteiger partial charge in [0.1, 0.15) is 23.8 Å². The van der Waals surface area contributed by atoms with Gasteiger partial charge in [-0.3, -0.25) is 0 Å². The standard InChI is InChI=1S/C33H24ClF3N4O4/c1-17-8-20(12-30-40-31-27(37)10-21(33(42)43)11-29(31)41(30)15-22-6-7-44-22)24(34)13-23(17)28-5-4-25(35)32(39-28)45-16-19-3-2-18(14-38)9-26(19)36/h2-5,8-11,13,22H,6-7,12,15-16H2,1H3,(H,42,43). The lowest BCUT2D eigenvalue weighted by molar-refractivity contribution is -0.0589. The van der Waals surface area contributed by atoms with E-state index < -0.39 is 23.4 Å². The second-order valence-corrected chi connectivity index (χ2v) is 11.1. The number of carbonyl (C=O) groups is 1. The number of carboxylic acid groups (broad SMARTS) is 1. The summed E-state index contributed by atoms with van der Waals surface area (Å²) in [6.07, 6.45) is 0.921. The third kappa shape index (κ3) is 6.07. The van der Waals surface area contributed by atoms with Crippen molar-refractivity contribution in [2.75, 3.05) is 6.61 Å². The van der Waals surface area contributed by atoms with Gasteiger partial charge in [-0.1, -0.05) is 23.7 Å². The van der Waals surface area contributed by atoms with Gasteiger partial charge >= 0.3 is 5.97 Å². The zero-order chi connectivity index (χ0) is 31.8. The van der Waals surface area contributed by atoms with Crippen LogP contribution in [0.15, 0.2) is 54.6 Å². The van der Waals surface area contributed by atoms with Crippen molar-refractivity contribution in [1.82, 2.24) is 14.5 Å². The number of carboxylic acids is 1. The molecule has 1 unspecified atom stereocenters. The van der Waals surface area contributed by atoms with Crippen LogP contribution in [0, 0.1) is 35.7 Å². The zero-order valence-electron chi connectivity index (χ0n) is 23.8. The molecule has 3 heterocycles. The SMILES string of the molecule is Cc1cc(Cc2nc3c(F)cc(C(=O)O)cc3n2CC2CCO2)c(Cl)cc1-c1ccc(F)c(OCc2ccc(C#N)cc2F)n1. The Morgan fingerprint density at radius 1 is 1.09 bits per heavy atom. The minimum atomic E-state index is -1.25. The first-order valence-corrected chi connectivity index (χ1v) is 14.3. The van der Waals surface area contributed by atoms with Gasteiger partial charge in [0.15, 0.2) is 11.6 Å². The van der Waals surface area contributed by atoms with E-state index in [1.165, 1.54) is 30.3 Å². The van der Waals surface area contributed by atoms with Gasteiger partial charge < -0.3 is 19.1 Å². The van der Waals surface area contributed by atoms with Crippen molar-refractivity contribution >= 4 is 28.6 Å². The zero-order valence-corrected chi connectivity index (χ0v) is 24.5. The van der Waals surface area contributed by atoms with E-state index in [1.807, 2.05) is 19.1 Å². The van der Waals surface area contributed by atoms with Crippen LogP contribution in [0.25, 0.3) is 22.3 Å². The Hall–Kier alpha value is -4.92. The second kappa shape index (κ2) is 12.2. The van der Waals surface area contributed by atoms with Crippen LogP contribution in [-0.4, -0.2) is 38.3 Å². The van der Waals surface area contributed by atoms with Gasteiger partial charge in [0.2, 0.25) is 0 Å². The maximum atomic E-state index is 14.9. The van der Waals surface area contributed by atoms with Gasteiger partial charge in [-0.25, -0.2) is 27.9 Å². The normalized spacial score (nSPS) is 14.3. The first-order chi connectivity index (χ1) is 21.6. The fourth-order valence-electron chi connectivity index (χ4n) is 5.20. The highest BCUT2D eigenvalue weighted by Gasteiger charge is 2.25. The number of rotatable bonds is 9. The Morgan fingerprint density at radius 3 is 2.58 bits per heavy atom. The maximum Gasteiger partial charge on any atom is 0.335 e. The molecule has 1 saturated heterocycles. The molecule has 228 valence electrons. The molecule has 0 radical (unpaired) electrons. The number of ether oxygens (including phenoxy) is 2. The molecule has 45 heavy (non-hydrogen) atoms. The minimum absolute atomic E-state index is 0.0581. The highest BCUT2D eigenvalue weighted by Crippen LogP contribution is 2.33. The molecule has 0 amide bonds. The van der Waals surface area contributed by atoms with Gasteiger partial charge in [0, 0.05) is 29.2 Å². The van der Waals surface area contributed by atoms with Crippen molar-refractivity contribution in [2.45, 2.75) is 39.0 Å². The van der Waals surface area contributed by atoms with E-state index in [2.05, 4.69) is 9.97 Å². The molecule has 6 rings (SSSR count). The second-order valence-electron chi connectivity index (χ2n) is 10.7. The topological polar surface area (TPSA) is 110 Å². The number of halogens is 4. The number of pyridine rings is 1. The van der Waals surface area contributed by atoms with Gasteiger partial charge in [0.05, 0.1) is 41.1 Å². The summed E-state index contributed by atoms with van der Waals surface area (Å²) in [5.41, 5.74) is 2.92. The number of benzene rings is 3. The maximum absolute atomic E-state index is 14.9. The van der Waals surface area contributed by atoms with Crippen molar-refractivity contribution in [3.05, 3.63) is 111 Å². The lowest BCUT2D eigenvalue weighted by Gasteiger charge is -2.27. The summed E-state index contributed by atoms with van der Waals surface area (Å²) in [5, 5.41) is 18.8. The molecule has 1 fully saturated rings. The number of aromatic nitrogens is 3. The summed E-state index contributed by atoms with van der Waals surface area (Å²) in [6, 6.07) is 14.3. The van der Waals surface area contributed by atoms with Crippen LogP contribution in [-0.2, 0) is 24.3 Å². The fourth-order valence-corrected chi connectivity index (χ4v) is 5.43. The lowest BCUT2D eigenvalue weighted by Crippen LogP contribution is -2.31. The van der Waals surface area contributed by atoms with Gasteiger partial charge in [0.25, 0.3) is 5.88 Å². The van der Waals surface area contributed by atoms with Crippen molar-refractivity contribution in [3.8, 4) is 23.2 Å². The summed E-state index contributed by atoms with van der Waals surface area (Å²) in [7, 11) is 0. The smallest absolute Gasteiger partial charge is 0.335 e. The Balaban J connectivity index is 1.30. The van der Waals surface area contributed by atoms with Crippen LogP contribution in [0.3, 0.4) is 0 Å². The molecule has 2 aromatic heterocycles. The number of nitriles is 1. The number of nitrogens with zero attached hydrogens (tertiary/aromatic N) is 4. The number of aromatic carboxylic acids is 1. The third-order valence-corrected chi connectivity index (χ3v) is 8.04. The fraction of sp³-hybridized carbons (Fsp3) is 0.212. The molecule has 0 aliphatic carbocycles. The number of aryl methyl sites for hydroxylation is 1. The van der Waals surface area contributed by atoms with E-state index in [9.17, 15) is 23.1 Å². The Kier molecular flexibility index (Phi) is 8.18. The molecule has 1 atom stereocenters. The predicted octanol–water partition coefficient (Wildman–Crippen LogP) is 7.01. The Morgan fingerprint density at radius 2 is 1.89 bits per heavy atom. The monoisotopic (exact) mass is 632 g/mol. The van der Waals surface area contributed by atoms with Crippen LogP contribution >= 0.6 is 11.6 Å². The molecule has 1 N–H and O–H groups in total. The lowest BCUT2D eigenvalue weighted by atomic mass is 10.00. The van der Waals surface area contributed by atoms with Gasteiger partial charge in [-0.15, -0.1) is 0 Å². The molecule has 5 aromatic rings. The molecule has 1 aliphatic heterocycles. The van der Waals surface area contributed by atoms with E-state index in [-0.39, 0.29) is 47.2 Å². The summed E-state index contributed by atoms with van der Waals surface area (Å²) in [5.74, 6) is -3.21. The summed E-state index contributed by atoms with van der Waals surface area (Å²) in [4.78, 5) is 20.4. The molecule has 12 heteroatoms. The number of hydrogen-bond donors (Lipinski definition) is 1. The predicted molar refractivity (Wildman–Crippen MR) is 159 cm³/mol. The van der Waals surface area contributed by atoms with Gasteiger partial charge in [-0.2, -0.15) is 5.26 Å². The molecule has 0 spiro atoms. The summed E-state index contributed by atoms with van der Waals surface area (Å²) in [6.45, 7) is 2.52. The van der Waals surface area contributed by atoms with Crippen LogP contribution in [0.5, 0.6) is 5.88 Å².